The Morgan fingerprint density at radius 3 is 3.09 bits per heavy atom. The highest BCUT2D eigenvalue weighted by Gasteiger charge is 2.27. The molecule has 0 spiro atoms. The Bertz CT molecular complexity index is 814. The van der Waals surface area contributed by atoms with Crippen molar-refractivity contribution in [3.8, 4) is 0 Å². The van der Waals surface area contributed by atoms with E-state index in [2.05, 4.69) is 51.7 Å². The van der Waals surface area contributed by atoms with Gasteiger partial charge in [0, 0.05) is 25.3 Å². The van der Waals surface area contributed by atoms with E-state index in [1.165, 1.54) is 21.4 Å². The molecule has 0 saturated heterocycles. The molecule has 23 heavy (non-hydrogen) atoms. The number of rotatable bonds is 5. The molecule has 1 atom stereocenters. The SMILES string of the molecule is OCCN(Cc1cnc2ccsc2c1)C1CCc2ccccc21. The third kappa shape index (κ3) is 2.90. The zero-order chi connectivity index (χ0) is 15.6. The first kappa shape index (κ1) is 14.8. The molecule has 4 rings (SSSR count). The molecule has 1 N–H and O–H groups in total. The van der Waals surface area contributed by atoms with Crippen molar-refractivity contribution in [2.45, 2.75) is 25.4 Å². The maximum absolute atomic E-state index is 9.51. The molecule has 0 radical (unpaired) electrons. The lowest BCUT2D eigenvalue weighted by Crippen LogP contribution is -2.30. The number of aliphatic hydroxyl groups excluding tert-OH is 1. The zero-order valence-electron chi connectivity index (χ0n) is 13.0. The Hall–Kier alpha value is -1.75. The minimum atomic E-state index is 0.188. The molecular formula is C19H20N2OS. The predicted molar refractivity (Wildman–Crippen MR) is 94.6 cm³/mol. The van der Waals surface area contributed by atoms with Crippen molar-refractivity contribution in [1.29, 1.82) is 0 Å². The van der Waals surface area contributed by atoms with Crippen molar-refractivity contribution in [1.82, 2.24) is 9.88 Å². The number of pyridine rings is 1. The van der Waals surface area contributed by atoms with Gasteiger partial charge in [-0.1, -0.05) is 24.3 Å². The number of thiophene rings is 1. The van der Waals surface area contributed by atoms with Gasteiger partial charge in [-0.2, -0.15) is 0 Å². The highest BCUT2D eigenvalue weighted by atomic mass is 32.1. The van der Waals surface area contributed by atoms with Crippen LogP contribution >= 0.6 is 11.3 Å². The number of nitrogens with zero attached hydrogens (tertiary/aromatic N) is 2. The third-order valence-corrected chi connectivity index (χ3v) is 5.53. The van der Waals surface area contributed by atoms with Crippen LogP contribution in [0.3, 0.4) is 0 Å². The molecule has 3 aromatic rings. The van der Waals surface area contributed by atoms with E-state index in [1.54, 1.807) is 11.3 Å². The summed E-state index contributed by atoms with van der Waals surface area (Å²) in [5.41, 5.74) is 5.16. The molecule has 0 aliphatic heterocycles. The van der Waals surface area contributed by atoms with Gasteiger partial charge in [-0.15, -0.1) is 11.3 Å². The van der Waals surface area contributed by atoms with Gasteiger partial charge in [-0.05, 0) is 47.0 Å². The first-order valence-electron chi connectivity index (χ1n) is 8.10. The van der Waals surface area contributed by atoms with Gasteiger partial charge in [0.1, 0.15) is 0 Å². The fourth-order valence-corrected chi connectivity index (χ4v) is 4.40. The van der Waals surface area contributed by atoms with Gasteiger partial charge in [0.05, 0.1) is 16.8 Å². The molecule has 0 bridgehead atoms. The van der Waals surface area contributed by atoms with Crippen LogP contribution in [0.1, 0.15) is 29.2 Å². The Labute approximate surface area is 140 Å². The van der Waals surface area contributed by atoms with E-state index in [4.69, 9.17) is 0 Å². The summed E-state index contributed by atoms with van der Waals surface area (Å²) in [7, 11) is 0. The largest absolute Gasteiger partial charge is 0.395 e. The van der Waals surface area contributed by atoms with E-state index in [0.717, 1.165) is 24.9 Å². The van der Waals surface area contributed by atoms with Gasteiger partial charge >= 0.3 is 0 Å². The Balaban J connectivity index is 1.61. The number of aryl methyl sites for hydroxylation is 1. The van der Waals surface area contributed by atoms with E-state index < -0.39 is 0 Å². The topological polar surface area (TPSA) is 36.4 Å². The predicted octanol–water partition coefficient (Wildman–Crippen LogP) is 3.78. The van der Waals surface area contributed by atoms with E-state index in [1.807, 2.05) is 6.20 Å². The molecule has 1 aromatic carbocycles. The first-order valence-corrected chi connectivity index (χ1v) is 8.98. The van der Waals surface area contributed by atoms with Crippen molar-refractivity contribution in [3.05, 3.63) is 64.7 Å². The summed E-state index contributed by atoms with van der Waals surface area (Å²) in [5, 5.41) is 11.6. The number of aromatic nitrogens is 1. The van der Waals surface area contributed by atoms with E-state index >= 15 is 0 Å². The van der Waals surface area contributed by atoms with Gasteiger partial charge in [0.15, 0.2) is 0 Å². The Morgan fingerprint density at radius 1 is 1.26 bits per heavy atom. The van der Waals surface area contributed by atoms with E-state index in [-0.39, 0.29) is 6.61 Å². The number of hydrogen-bond donors (Lipinski definition) is 1. The third-order valence-electron chi connectivity index (χ3n) is 4.67. The van der Waals surface area contributed by atoms with Crippen molar-refractivity contribution in [2.24, 2.45) is 0 Å². The average molecular weight is 324 g/mol. The molecule has 118 valence electrons. The summed E-state index contributed by atoms with van der Waals surface area (Å²) in [6, 6.07) is 13.4. The molecule has 1 aliphatic carbocycles. The fourth-order valence-electron chi connectivity index (χ4n) is 3.60. The van der Waals surface area contributed by atoms with Gasteiger partial charge in [0.2, 0.25) is 0 Å². The Kier molecular flexibility index (Phi) is 4.12. The van der Waals surface area contributed by atoms with Crippen molar-refractivity contribution in [3.63, 3.8) is 0 Å². The lowest BCUT2D eigenvalue weighted by atomic mass is 10.1. The van der Waals surface area contributed by atoms with E-state index in [0.29, 0.717) is 12.6 Å². The van der Waals surface area contributed by atoms with Crippen molar-refractivity contribution in [2.75, 3.05) is 13.2 Å². The van der Waals surface area contributed by atoms with Crippen LogP contribution in [-0.2, 0) is 13.0 Å². The number of aliphatic hydroxyl groups is 1. The fraction of sp³-hybridized carbons (Fsp3) is 0.316. The minimum Gasteiger partial charge on any atom is -0.395 e. The molecule has 1 aliphatic rings. The summed E-state index contributed by atoms with van der Waals surface area (Å²) in [6.45, 7) is 1.72. The van der Waals surface area contributed by atoms with Gasteiger partial charge in [-0.25, -0.2) is 0 Å². The van der Waals surface area contributed by atoms with Crippen LogP contribution in [0.15, 0.2) is 48.0 Å². The highest BCUT2D eigenvalue weighted by Crippen LogP contribution is 2.36. The lowest BCUT2D eigenvalue weighted by molar-refractivity contribution is 0.143. The second-order valence-corrected chi connectivity index (χ2v) is 7.04. The maximum atomic E-state index is 9.51. The van der Waals surface area contributed by atoms with Crippen LogP contribution in [0.2, 0.25) is 0 Å². The summed E-state index contributed by atoms with van der Waals surface area (Å²) in [5.74, 6) is 0. The molecular weight excluding hydrogens is 304 g/mol. The minimum absolute atomic E-state index is 0.188. The lowest BCUT2D eigenvalue weighted by Gasteiger charge is -2.29. The molecule has 1 unspecified atom stereocenters. The normalized spacial score (nSPS) is 17.0. The van der Waals surface area contributed by atoms with Crippen LogP contribution in [0.5, 0.6) is 0 Å². The summed E-state index contributed by atoms with van der Waals surface area (Å²) < 4.78 is 1.23. The highest BCUT2D eigenvalue weighted by molar-refractivity contribution is 7.17. The first-order chi connectivity index (χ1) is 11.3. The van der Waals surface area contributed by atoms with Crippen LogP contribution < -0.4 is 0 Å². The van der Waals surface area contributed by atoms with Crippen LogP contribution in [0, 0.1) is 0 Å². The average Bonchev–Trinajstić information content (AvgIpc) is 3.20. The summed E-state index contributed by atoms with van der Waals surface area (Å²) in [6.07, 6.45) is 4.24. The molecule has 2 aromatic heterocycles. The van der Waals surface area contributed by atoms with Gasteiger partial charge < -0.3 is 5.11 Å². The van der Waals surface area contributed by atoms with E-state index in [9.17, 15) is 5.11 Å². The zero-order valence-corrected chi connectivity index (χ0v) is 13.8. The summed E-state index contributed by atoms with van der Waals surface area (Å²) in [4.78, 5) is 6.94. The molecule has 2 heterocycles. The second-order valence-electron chi connectivity index (χ2n) is 6.09. The molecule has 0 amide bonds. The second kappa shape index (κ2) is 6.40. The molecule has 3 nitrogen and oxygen atoms in total. The summed E-state index contributed by atoms with van der Waals surface area (Å²) >= 11 is 1.73. The van der Waals surface area contributed by atoms with Crippen molar-refractivity contribution < 1.29 is 5.11 Å². The van der Waals surface area contributed by atoms with Crippen molar-refractivity contribution >= 4 is 21.6 Å². The van der Waals surface area contributed by atoms with Gasteiger partial charge in [0.25, 0.3) is 0 Å². The number of hydrogen-bond acceptors (Lipinski definition) is 4. The smallest absolute Gasteiger partial charge is 0.0809 e. The standard InChI is InChI=1S/C19H20N2OS/c22-9-8-21(18-6-5-15-3-1-2-4-16(15)18)13-14-11-19-17(20-12-14)7-10-23-19/h1-4,7,10-12,18,22H,5-6,8-9,13H2. The Morgan fingerprint density at radius 2 is 2.17 bits per heavy atom. The van der Waals surface area contributed by atoms with Gasteiger partial charge in [-0.3, -0.25) is 9.88 Å². The molecule has 4 heteroatoms. The quantitative estimate of drug-likeness (QED) is 0.776. The van der Waals surface area contributed by atoms with Crippen LogP contribution in [0.4, 0.5) is 0 Å². The number of fused-ring (bicyclic) bond motifs is 2. The monoisotopic (exact) mass is 324 g/mol. The molecule has 0 saturated carbocycles. The van der Waals surface area contributed by atoms with Crippen LogP contribution in [-0.4, -0.2) is 28.1 Å². The molecule has 0 fully saturated rings. The van der Waals surface area contributed by atoms with Crippen LogP contribution in [0.25, 0.3) is 10.2 Å². The number of benzene rings is 1. The maximum Gasteiger partial charge on any atom is 0.0809 e.